The van der Waals surface area contributed by atoms with Crippen LogP contribution in [0.4, 0.5) is 8.78 Å². The van der Waals surface area contributed by atoms with Gasteiger partial charge in [-0.25, -0.2) is 9.18 Å². The van der Waals surface area contributed by atoms with Crippen LogP contribution < -0.4 is 5.69 Å². The summed E-state index contributed by atoms with van der Waals surface area (Å²) >= 11 is 0. The Labute approximate surface area is 108 Å². The summed E-state index contributed by atoms with van der Waals surface area (Å²) in [4.78, 5) is 19.9. The highest BCUT2D eigenvalue weighted by atomic mass is 19.2. The molecule has 2 aromatic rings. The number of nitrogens with zero attached hydrogens (tertiary/aromatic N) is 3. The van der Waals surface area contributed by atoms with Crippen molar-refractivity contribution in [2.24, 2.45) is 0 Å². The van der Waals surface area contributed by atoms with Crippen molar-refractivity contribution in [2.45, 2.75) is 20.4 Å². The molecule has 0 spiro atoms. The zero-order valence-electron chi connectivity index (χ0n) is 10.9. The largest absolute Gasteiger partial charge is 0.327 e. The molecule has 2 aromatic heterocycles. The van der Waals surface area contributed by atoms with Gasteiger partial charge in [0.05, 0.1) is 5.52 Å². The van der Waals surface area contributed by atoms with Gasteiger partial charge in [0.2, 0.25) is 0 Å². The Hall–Kier alpha value is -1.76. The fourth-order valence-electron chi connectivity index (χ4n) is 2.02. The van der Waals surface area contributed by atoms with Crippen LogP contribution in [0.5, 0.6) is 0 Å². The van der Waals surface area contributed by atoms with Crippen molar-refractivity contribution in [3.8, 4) is 0 Å². The average molecular weight is 270 g/mol. The van der Waals surface area contributed by atoms with Gasteiger partial charge < -0.3 is 9.88 Å². The molecule has 0 radical (unpaired) electrons. The van der Waals surface area contributed by atoms with Crippen LogP contribution in [0.1, 0.15) is 13.8 Å². The number of likely N-dealkylation sites (N-methyl/N-ethyl adjacent to an activating group) is 1. The number of imidazole rings is 1. The predicted octanol–water partition coefficient (Wildman–Crippen LogP) is 1.34. The number of aromatic amines is 1. The Morgan fingerprint density at radius 3 is 2.68 bits per heavy atom. The third kappa shape index (κ3) is 2.65. The molecule has 0 aliphatic heterocycles. The second-order valence-corrected chi connectivity index (χ2v) is 4.24. The summed E-state index contributed by atoms with van der Waals surface area (Å²) in [5.41, 5.74) is -0.0424. The Morgan fingerprint density at radius 1 is 1.37 bits per heavy atom. The topological polar surface area (TPSA) is 53.9 Å². The van der Waals surface area contributed by atoms with Crippen molar-refractivity contribution in [1.29, 1.82) is 0 Å². The first kappa shape index (κ1) is 13.7. The lowest BCUT2D eigenvalue weighted by Gasteiger charge is -2.17. The highest BCUT2D eigenvalue weighted by Gasteiger charge is 2.13. The SMILES string of the molecule is CCN(CC)CCn1c(=O)[nH]c2cc(F)c(F)nc21. The van der Waals surface area contributed by atoms with Gasteiger partial charge in [-0.15, -0.1) is 0 Å². The Kier molecular flexibility index (Phi) is 3.94. The van der Waals surface area contributed by atoms with Crippen LogP contribution in [0.15, 0.2) is 10.9 Å². The van der Waals surface area contributed by atoms with E-state index >= 15 is 0 Å². The molecule has 0 amide bonds. The zero-order valence-corrected chi connectivity index (χ0v) is 10.9. The molecule has 0 aliphatic rings. The molecule has 104 valence electrons. The molecule has 7 heteroatoms. The first-order valence-electron chi connectivity index (χ1n) is 6.23. The molecule has 0 fully saturated rings. The lowest BCUT2D eigenvalue weighted by molar-refractivity contribution is 0.290. The molecule has 0 aliphatic carbocycles. The van der Waals surface area contributed by atoms with E-state index in [0.29, 0.717) is 13.1 Å². The maximum Gasteiger partial charge on any atom is 0.327 e. The summed E-state index contributed by atoms with van der Waals surface area (Å²) in [6, 6.07) is 0.951. The number of hydrogen-bond acceptors (Lipinski definition) is 3. The summed E-state index contributed by atoms with van der Waals surface area (Å²) in [6.07, 6.45) is 0. The lowest BCUT2D eigenvalue weighted by Crippen LogP contribution is -2.30. The molecule has 0 saturated carbocycles. The molecule has 2 rings (SSSR count). The minimum Gasteiger partial charge on any atom is -0.304 e. The van der Waals surface area contributed by atoms with Crippen LogP contribution in [0.3, 0.4) is 0 Å². The molecule has 0 unspecified atom stereocenters. The first-order valence-corrected chi connectivity index (χ1v) is 6.23. The third-order valence-electron chi connectivity index (χ3n) is 3.19. The molecule has 0 atom stereocenters. The molecule has 0 saturated heterocycles. The first-order chi connectivity index (χ1) is 9.06. The Morgan fingerprint density at radius 2 is 2.05 bits per heavy atom. The number of hydrogen-bond donors (Lipinski definition) is 1. The van der Waals surface area contributed by atoms with Gasteiger partial charge in [0.15, 0.2) is 11.5 Å². The van der Waals surface area contributed by atoms with Crippen LogP contribution in [0, 0.1) is 11.8 Å². The van der Waals surface area contributed by atoms with Crippen LogP contribution in [0.2, 0.25) is 0 Å². The molecule has 0 bridgehead atoms. The summed E-state index contributed by atoms with van der Waals surface area (Å²) in [7, 11) is 0. The van der Waals surface area contributed by atoms with Gasteiger partial charge in [-0.2, -0.15) is 9.37 Å². The smallest absolute Gasteiger partial charge is 0.304 e. The van der Waals surface area contributed by atoms with E-state index in [4.69, 9.17) is 0 Å². The van der Waals surface area contributed by atoms with Gasteiger partial charge >= 0.3 is 5.69 Å². The molecular formula is C12H16F2N4O. The molecule has 1 N–H and O–H groups in total. The second kappa shape index (κ2) is 5.48. The predicted molar refractivity (Wildman–Crippen MR) is 68.1 cm³/mol. The third-order valence-corrected chi connectivity index (χ3v) is 3.19. The van der Waals surface area contributed by atoms with Crippen LogP contribution in [-0.4, -0.2) is 39.1 Å². The fourth-order valence-corrected chi connectivity index (χ4v) is 2.02. The maximum absolute atomic E-state index is 13.1. The molecule has 19 heavy (non-hydrogen) atoms. The van der Waals surface area contributed by atoms with Gasteiger partial charge in [-0.05, 0) is 13.1 Å². The van der Waals surface area contributed by atoms with Gasteiger partial charge in [0.1, 0.15) is 0 Å². The molecule has 5 nitrogen and oxygen atoms in total. The average Bonchev–Trinajstić information content (AvgIpc) is 2.67. The maximum atomic E-state index is 13.1. The number of rotatable bonds is 5. The van der Waals surface area contributed by atoms with Crippen LogP contribution in [0.25, 0.3) is 11.2 Å². The normalized spacial score (nSPS) is 11.6. The van der Waals surface area contributed by atoms with Gasteiger partial charge in [-0.1, -0.05) is 13.8 Å². The molecule has 0 aromatic carbocycles. The van der Waals surface area contributed by atoms with Gasteiger partial charge in [-0.3, -0.25) is 4.57 Å². The highest BCUT2D eigenvalue weighted by Crippen LogP contribution is 2.11. The number of nitrogens with one attached hydrogen (secondary N) is 1. The number of halogens is 2. The van der Waals surface area contributed by atoms with Crippen molar-refractivity contribution in [2.75, 3.05) is 19.6 Å². The fraction of sp³-hybridized carbons (Fsp3) is 0.500. The van der Waals surface area contributed by atoms with Crippen molar-refractivity contribution >= 4 is 11.2 Å². The molecular weight excluding hydrogens is 254 g/mol. The summed E-state index contributed by atoms with van der Waals surface area (Å²) in [6.45, 7) is 6.82. The number of H-pyrrole nitrogens is 1. The van der Waals surface area contributed by atoms with Gasteiger partial charge in [0, 0.05) is 19.2 Å². The Bertz CT molecular complexity index is 630. The number of fused-ring (bicyclic) bond motifs is 1. The van der Waals surface area contributed by atoms with Crippen LogP contribution >= 0.6 is 0 Å². The summed E-state index contributed by atoms with van der Waals surface area (Å²) in [5.74, 6) is -2.26. The molecule has 2 heterocycles. The highest BCUT2D eigenvalue weighted by molar-refractivity contribution is 5.70. The number of aromatic nitrogens is 3. The van der Waals surface area contributed by atoms with Gasteiger partial charge in [0.25, 0.3) is 5.95 Å². The van der Waals surface area contributed by atoms with E-state index in [9.17, 15) is 13.6 Å². The lowest BCUT2D eigenvalue weighted by atomic mass is 10.4. The van der Waals surface area contributed by atoms with Crippen LogP contribution in [-0.2, 0) is 6.54 Å². The monoisotopic (exact) mass is 270 g/mol. The van der Waals surface area contributed by atoms with Crippen molar-refractivity contribution in [1.82, 2.24) is 19.4 Å². The second-order valence-electron chi connectivity index (χ2n) is 4.24. The standard InChI is InChI=1S/C12H16F2N4O/c1-3-17(4-2)5-6-18-11-9(15-12(18)19)7-8(13)10(14)16-11/h7H,3-6H2,1-2H3,(H,15,19). The van der Waals surface area contributed by atoms with Crippen molar-refractivity contribution < 1.29 is 8.78 Å². The van der Waals surface area contributed by atoms with E-state index in [0.717, 1.165) is 19.2 Å². The van der Waals surface area contributed by atoms with Crippen molar-refractivity contribution in [3.63, 3.8) is 0 Å². The van der Waals surface area contributed by atoms with Crippen molar-refractivity contribution in [3.05, 3.63) is 28.3 Å². The zero-order chi connectivity index (χ0) is 14.0. The van der Waals surface area contributed by atoms with E-state index in [1.807, 2.05) is 13.8 Å². The summed E-state index contributed by atoms with van der Waals surface area (Å²) in [5, 5.41) is 0. The quantitative estimate of drug-likeness (QED) is 0.834. The van der Waals surface area contributed by atoms with E-state index < -0.39 is 17.5 Å². The van der Waals surface area contributed by atoms with E-state index in [1.165, 1.54) is 4.57 Å². The minimum atomic E-state index is -1.19. The van der Waals surface area contributed by atoms with E-state index in [-0.39, 0.29) is 11.2 Å². The Balaban J connectivity index is 2.35. The number of pyridine rings is 1. The van der Waals surface area contributed by atoms with E-state index in [2.05, 4.69) is 14.9 Å². The minimum absolute atomic E-state index is 0.149. The van der Waals surface area contributed by atoms with E-state index in [1.54, 1.807) is 0 Å². The summed E-state index contributed by atoms with van der Waals surface area (Å²) < 4.78 is 27.5.